The van der Waals surface area contributed by atoms with Crippen molar-refractivity contribution in [2.45, 2.75) is 64.0 Å². The molecule has 0 aromatic heterocycles. The van der Waals surface area contributed by atoms with Crippen molar-refractivity contribution < 1.29 is 9.31 Å². The summed E-state index contributed by atoms with van der Waals surface area (Å²) in [7, 11) is 0.0296. The van der Waals surface area contributed by atoms with Crippen LogP contribution in [0.5, 0.6) is 0 Å². The SMILES string of the molecule is CC1(C)OB(C2CC2C2CCCNC2)OC1(C)C.Cl. The zero-order valence-corrected chi connectivity index (χ0v) is 13.4. The van der Waals surface area contributed by atoms with Crippen LogP contribution in [0.25, 0.3) is 0 Å². The molecule has 19 heavy (non-hydrogen) atoms. The van der Waals surface area contributed by atoms with Crippen LogP contribution >= 0.6 is 12.4 Å². The smallest absolute Gasteiger partial charge is 0.403 e. The second-order valence-electron chi connectivity index (χ2n) is 7.29. The summed E-state index contributed by atoms with van der Waals surface area (Å²) in [6.07, 6.45) is 4.01. The molecule has 0 bridgehead atoms. The van der Waals surface area contributed by atoms with Gasteiger partial charge in [0.1, 0.15) is 0 Å². The fraction of sp³-hybridized carbons (Fsp3) is 1.00. The van der Waals surface area contributed by atoms with Crippen LogP contribution < -0.4 is 5.32 Å². The highest BCUT2D eigenvalue weighted by Crippen LogP contribution is 2.57. The summed E-state index contributed by atoms with van der Waals surface area (Å²) in [5.74, 6) is 2.31. The Morgan fingerprint density at radius 3 is 2.26 bits per heavy atom. The lowest BCUT2D eigenvalue weighted by Gasteiger charge is -2.32. The average Bonchev–Trinajstić information content (AvgIpc) is 3.04. The molecule has 0 aromatic carbocycles. The molecule has 0 radical (unpaired) electrons. The first-order valence-corrected chi connectivity index (χ1v) is 7.47. The zero-order chi connectivity index (χ0) is 13.0. The molecule has 0 amide bonds. The lowest BCUT2D eigenvalue weighted by atomic mass is 9.77. The number of piperidine rings is 1. The Bertz CT molecular complexity index is 315. The molecular weight excluding hydrogens is 260 g/mol. The minimum Gasteiger partial charge on any atom is -0.403 e. The van der Waals surface area contributed by atoms with Gasteiger partial charge in [-0.25, -0.2) is 0 Å². The van der Waals surface area contributed by atoms with Gasteiger partial charge in [0.15, 0.2) is 0 Å². The van der Waals surface area contributed by atoms with Gasteiger partial charge in [0.2, 0.25) is 0 Å². The molecular formula is C14H27BClNO2. The Kier molecular flexibility index (Phi) is 4.29. The fourth-order valence-electron chi connectivity index (χ4n) is 3.40. The molecule has 2 heterocycles. The summed E-state index contributed by atoms with van der Waals surface area (Å²) >= 11 is 0. The second kappa shape index (κ2) is 5.21. The Hall–Kier alpha value is 0.235. The minimum absolute atomic E-state index is 0. The largest absolute Gasteiger partial charge is 0.461 e. The summed E-state index contributed by atoms with van der Waals surface area (Å²) < 4.78 is 12.3. The Morgan fingerprint density at radius 2 is 1.74 bits per heavy atom. The zero-order valence-electron chi connectivity index (χ0n) is 12.6. The van der Waals surface area contributed by atoms with Crippen LogP contribution in [0.1, 0.15) is 47.0 Å². The lowest BCUT2D eigenvalue weighted by molar-refractivity contribution is 0.00578. The van der Waals surface area contributed by atoms with E-state index in [1.165, 1.54) is 32.4 Å². The molecule has 3 aliphatic rings. The number of rotatable bonds is 2. The van der Waals surface area contributed by atoms with Crippen LogP contribution in [-0.2, 0) is 9.31 Å². The first kappa shape index (κ1) is 15.6. The van der Waals surface area contributed by atoms with Crippen molar-refractivity contribution in [2.24, 2.45) is 11.8 Å². The van der Waals surface area contributed by atoms with Crippen LogP contribution in [0.4, 0.5) is 0 Å². The van der Waals surface area contributed by atoms with Crippen molar-refractivity contribution in [3.8, 4) is 0 Å². The van der Waals surface area contributed by atoms with E-state index in [-0.39, 0.29) is 30.7 Å². The highest BCUT2D eigenvalue weighted by atomic mass is 35.5. The van der Waals surface area contributed by atoms with Crippen molar-refractivity contribution >= 4 is 19.5 Å². The van der Waals surface area contributed by atoms with Gasteiger partial charge in [0, 0.05) is 0 Å². The van der Waals surface area contributed by atoms with Crippen molar-refractivity contribution in [3.63, 3.8) is 0 Å². The predicted octanol–water partition coefficient (Wildman–Crippen LogP) is 2.89. The summed E-state index contributed by atoms with van der Waals surface area (Å²) in [6, 6.07) is 0. The third-order valence-electron chi connectivity index (χ3n) is 5.45. The Balaban J connectivity index is 0.00000133. The van der Waals surface area contributed by atoms with Gasteiger partial charge in [-0.05, 0) is 77.7 Å². The molecule has 3 unspecified atom stereocenters. The van der Waals surface area contributed by atoms with Crippen LogP contribution in [-0.4, -0.2) is 31.4 Å². The average molecular weight is 288 g/mol. The van der Waals surface area contributed by atoms with Gasteiger partial charge in [-0.3, -0.25) is 0 Å². The van der Waals surface area contributed by atoms with Crippen LogP contribution in [0.3, 0.4) is 0 Å². The van der Waals surface area contributed by atoms with Crippen molar-refractivity contribution in [2.75, 3.05) is 13.1 Å². The van der Waals surface area contributed by atoms with Crippen molar-refractivity contribution in [1.29, 1.82) is 0 Å². The topological polar surface area (TPSA) is 30.5 Å². The maximum Gasteiger partial charge on any atom is 0.461 e. The Morgan fingerprint density at radius 1 is 1.11 bits per heavy atom. The van der Waals surface area contributed by atoms with E-state index in [1.54, 1.807) is 0 Å². The van der Waals surface area contributed by atoms with Crippen molar-refractivity contribution in [3.05, 3.63) is 0 Å². The first-order valence-electron chi connectivity index (χ1n) is 7.47. The molecule has 3 rings (SSSR count). The molecule has 3 atom stereocenters. The van der Waals surface area contributed by atoms with Gasteiger partial charge in [-0.1, -0.05) is 0 Å². The summed E-state index contributed by atoms with van der Waals surface area (Å²) in [5.41, 5.74) is -0.342. The van der Waals surface area contributed by atoms with E-state index in [9.17, 15) is 0 Å². The van der Waals surface area contributed by atoms with E-state index in [4.69, 9.17) is 9.31 Å². The van der Waals surface area contributed by atoms with E-state index in [0.29, 0.717) is 5.82 Å². The number of nitrogens with one attached hydrogen (secondary N) is 1. The maximum atomic E-state index is 6.17. The molecule has 1 aliphatic carbocycles. The second-order valence-corrected chi connectivity index (χ2v) is 7.29. The number of halogens is 1. The minimum atomic E-state index is -0.171. The van der Waals surface area contributed by atoms with E-state index >= 15 is 0 Å². The van der Waals surface area contributed by atoms with E-state index in [1.807, 2.05) is 0 Å². The van der Waals surface area contributed by atoms with E-state index < -0.39 is 0 Å². The summed E-state index contributed by atoms with van der Waals surface area (Å²) in [4.78, 5) is 0. The molecule has 0 spiro atoms. The molecule has 1 saturated carbocycles. The van der Waals surface area contributed by atoms with Crippen LogP contribution in [0.2, 0.25) is 5.82 Å². The quantitative estimate of drug-likeness (QED) is 0.792. The van der Waals surface area contributed by atoms with E-state index in [0.717, 1.165) is 11.8 Å². The predicted molar refractivity (Wildman–Crippen MR) is 80.8 cm³/mol. The third kappa shape index (κ3) is 2.83. The molecule has 0 aromatic rings. The highest BCUT2D eigenvalue weighted by molar-refractivity contribution is 6.48. The third-order valence-corrected chi connectivity index (χ3v) is 5.45. The van der Waals surface area contributed by atoms with Gasteiger partial charge < -0.3 is 14.6 Å². The molecule has 3 fully saturated rings. The van der Waals surface area contributed by atoms with Gasteiger partial charge in [-0.15, -0.1) is 12.4 Å². The van der Waals surface area contributed by atoms with Gasteiger partial charge >= 0.3 is 7.12 Å². The van der Waals surface area contributed by atoms with Crippen molar-refractivity contribution in [1.82, 2.24) is 5.32 Å². The molecule has 2 aliphatic heterocycles. The maximum absolute atomic E-state index is 6.17. The fourth-order valence-corrected chi connectivity index (χ4v) is 3.40. The highest BCUT2D eigenvalue weighted by Gasteiger charge is 2.60. The van der Waals surface area contributed by atoms with Crippen LogP contribution in [0.15, 0.2) is 0 Å². The van der Waals surface area contributed by atoms with Gasteiger partial charge in [0.05, 0.1) is 11.2 Å². The van der Waals surface area contributed by atoms with Gasteiger partial charge in [0.25, 0.3) is 0 Å². The van der Waals surface area contributed by atoms with Crippen LogP contribution in [0, 0.1) is 11.8 Å². The first-order chi connectivity index (χ1) is 8.41. The number of hydrogen-bond acceptors (Lipinski definition) is 3. The normalized spacial score (nSPS) is 39.8. The monoisotopic (exact) mass is 287 g/mol. The lowest BCUT2D eigenvalue weighted by Crippen LogP contribution is -2.41. The standard InChI is InChI=1S/C14H26BNO2.ClH/c1-13(2)14(3,4)18-15(17-13)12-8-11(12)10-6-5-7-16-9-10;/h10-12,16H,5-9H2,1-4H3;1H. The molecule has 110 valence electrons. The summed E-state index contributed by atoms with van der Waals surface area (Å²) in [5, 5.41) is 3.52. The van der Waals surface area contributed by atoms with E-state index in [2.05, 4.69) is 33.0 Å². The Labute approximate surface area is 123 Å². The molecule has 2 saturated heterocycles. The summed E-state index contributed by atoms with van der Waals surface area (Å²) in [6.45, 7) is 11.0. The molecule has 3 nitrogen and oxygen atoms in total. The molecule has 5 heteroatoms. The van der Waals surface area contributed by atoms with Gasteiger partial charge in [-0.2, -0.15) is 0 Å². The number of hydrogen-bond donors (Lipinski definition) is 1. The molecule has 1 N–H and O–H groups in total.